The number of hydrogen-bond donors (Lipinski definition) is 0. The van der Waals surface area contributed by atoms with Crippen LogP contribution in [0.5, 0.6) is 0 Å². The average Bonchev–Trinajstić information content (AvgIpc) is 3.49. The summed E-state index contributed by atoms with van der Waals surface area (Å²) in [5.41, 5.74) is 1.38. The Morgan fingerprint density at radius 1 is 1.00 bits per heavy atom. The maximum Gasteiger partial charge on any atom is 0.416 e. The van der Waals surface area contributed by atoms with Crippen LogP contribution in [0.25, 0.3) is 0 Å². The van der Waals surface area contributed by atoms with Gasteiger partial charge in [-0.15, -0.1) is 0 Å². The van der Waals surface area contributed by atoms with E-state index in [1.165, 1.54) is 17.7 Å². The molecule has 0 bridgehead atoms. The molecule has 2 atom stereocenters. The van der Waals surface area contributed by atoms with Crippen molar-refractivity contribution in [3.05, 3.63) is 65.5 Å². The highest BCUT2D eigenvalue weighted by Gasteiger charge is 2.46. The zero-order valence-electron chi connectivity index (χ0n) is 15.4. The Bertz CT molecular complexity index is 815. The third-order valence-corrected chi connectivity index (χ3v) is 5.61. The molecule has 2 heterocycles. The fourth-order valence-corrected chi connectivity index (χ4v) is 3.86. The molecule has 0 radical (unpaired) electrons. The van der Waals surface area contributed by atoms with E-state index in [1.807, 2.05) is 17.0 Å². The number of amides is 1. The summed E-state index contributed by atoms with van der Waals surface area (Å²) < 4.78 is 38.1. The second-order valence-electron chi connectivity index (χ2n) is 7.53. The van der Waals surface area contributed by atoms with Crippen LogP contribution >= 0.6 is 0 Å². The maximum absolute atomic E-state index is 12.8. The first-order valence-corrected chi connectivity index (χ1v) is 9.49. The zero-order valence-corrected chi connectivity index (χ0v) is 15.4. The average molecular weight is 389 g/mol. The molecule has 1 aromatic carbocycles. The Kier molecular flexibility index (Phi) is 5.10. The van der Waals surface area contributed by atoms with Crippen molar-refractivity contribution in [1.82, 2.24) is 14.8 Å². The van der Waals surface area contributed by atoms with Crippen LogP contribution in [0, 0.1) is 5.92 Å². The molecule has 4 nitrogen and oxygen atoms in total. The molecule has 2 unspecified atom stereocenters. The van der Waals surface area contributed by atoms with E-state index in [0.717, 1.165) is 43.8 Å². The molecular weight excluding hydrogens is 367 g/mol. The fourth-order valence-electron chi connectivity index (χ4n) is 3.86. The Balaban J connectivity index is 1.28. The lowest BCUT2D eigenvalue weighted by molar-refractivity contribution is -0.137. The van der Waals surface area contributed by atoms with Gasteiger partial charge in [0, 0.05) is 51.0 Å². The smallest absolute Gasteiger partial charge is 0.340 e. The number of carbonyl (C=O) groups is 1. The molecule has 1 aliphatic carbocycles. The van der Waals surface area contributed by atoms with Gasteiger partial charge in [-0.2, -0.15) is 13.2 Å². The van der Waals surface area contributed by atoms with Crippen LogP contribution in [-0.2, 0) is 17.5 Å². The zero-order chi connectivity index (χ0) is 19.7. The van der Waals surface area contributed by atoms with Gasteiger partial charge < -0.3 is 4.90 Å². The van der Waals surface area contributed by atoms with Gasteiger partial charge in [0.15, 0.2) is 0 Å². The van der Waals surface area contributed by atoms with Gasteiger partial charge in [0.2, 0.25) is 5.91 Å². The summed E-state index contributed by atoms with van der Waals surface area (Å²) in [6.07, 6.45) is -0.0398. The quantitative estimate of drug-likeness (QED) is 0.803. The van der Waals surface area contributed by atoms with Crippen molar-refractivity contribution in [2.45, 2.75) is 25.1 Å². The fraction of sp³-hybridized carbons (Fsp3) is 0.429. The van der Waals surface area contributed by atoms with E-state index in [2.05, 4.69) is 9.88 Å². The second-order valence-corrected chi connectivity index (χ2v) is 7.53. The van der Waals surface area contributed by atoms with E-state index >= 15 is 0 Å². The topological polar surface area (TPSA) is 36.4 Å². The summed E-state index contributed by atoms with van der Waals surface area (Å²) in [5, 5.41) is 0. The van der Waals surface area contributed by atoms with E-state index in [4.69, 9.17) is 0 Å². The van der Waals surface area contributed by atoms with Crippen LogP contribution < -0.4 is 0 Å². The molecule has 1 amide bonds. The highest BCUT2D eigenvalue weighted by molar-refractivity contribution is 5.83. The number of alkyl halides is 3. The second kappa shape index (κ2) is 7.54. The first kappa shape index (κ1) is 18.9. The van der Waals surface area contributed by atoms with Crippen LogP contribution in [-0.4, -0.2) is 46.9 Å². The number of rotatable bonds is 4. The molecule has 2 aliphatic rings. The highest BCUT2D eigenvalue weighted by atomic mass is 19.4. The van der Waals surface area contributed by atoms with E-state index in [1.54, 1.807) is 12.4 Å². The van der Waals surface area contributed by atoms with Gasteiger partial charge in [0.1, 0.15) is 0 Å². The largest absolute Gasteiger partial charge is 0.416 e. The number of nitrogens with zero attached hydrogens (tertiary/aromatic N) is 3. The Hall–Kier alpha value is -2.41. The standard InChI is InChI=1S/C21H22F3N3O/c22-21(23,24)17-3-1-16(2-4-17)18-13-19(18)20(28)27-11-9-26(10-12-27)14-15-5-7-25-8-6-15/h1-8,18-19H,9-14H2. The predicted octanol–water partition coefficient (Wildman–Crippen LogP) is 3.55. The van der Waals surface area contributed by atoms with E-state index in [-0.39, 0.29) is 17.7 Å². The molecule has 1 aliphatic heterocycles. The minimum atomic E-state index is -4.33. The lowest BCUT2D eigenvalue weighted by Crippen LogP contribution is -2.48. The number of hydrogen-bond acceptors (Lipinski definition) is 3. The first-order valence-electron chi connectivity index (χ1n) is 9.49. The molecule has 2 fully saturated rings. The van der Waals surface area contributed by atoms with E-state index < -0.39 is 11.7 Å². The summed E-state index contributed by atoms with van der Waals surface area (Å²) in [7, 11) is 0. The Labute approximate surface area is 162 Å². The molecule has 1 saturated heterocycles. The van der Waals surface area contributed by atoms with Crippen molar-refractivity contribution in [2.24, 2.45) is 5.92 Å². The lowest BCUT2D eigenvalue weighted by Gasteiger charge is -2.35. The van der Waals surface area contributed by atoms with Crippen molar-refractivity contribution in [2.75, 3.05) is 26.2 Å². The monoisotopic (exact) mass is 389 g/mol. The summed E-state index contributed by atoms with van der Waals surface area (Å²) in [5.74, 6) is 0.0848. The summed E-state index contributed by atoms with van der Waals surface area (Å²) >= 11 is 0. The van der Waals surface area contributed by atoms with Crippen LogP contribution in [0.2, 0.25) is 0 Å². The number of aromatic nitrogens is 1. The molecule has 7 heteroatoms. The van der Waals surface area contributed by atoms with Gasteiger partial charge in [-0.25, -0.2) is 0 Å². The number of halogens is 3. The van der Waals surface area contributed by atoms with E-state index in [9.17, 15) is 18.0 Å². The molecule has 28 heavy (non-hydrogen) atoms. The van der Waals surface area contributed by atoms with Gasteiger partial charge in [-0.3, -0.25) is 14.7 Å². The summed E-state index contributed by atoms with van der Waals surface area (Å²) in [6, 6.07) is 9.22. The highest BCUT2D eigenvalue weighted by Crippen LogP contribution is 2.49. The number of benzene rings is 1. The predicted molar refractivity (Wildman–Crippen MR) is 98.4 cm³/mol. The van der Waals surface area contributed by atoms with Gasteiger partial charge >= 0.3 is 6.18 Å². The van der Waals surface area contributed by atoms with E-state index in [0.29, 0.717) is 13.1 Å². The summed E-state index contributed by atoms with van der Waals surface area (Å²) in [6.45, 7) is 3.89. The van der Waals surface area contributed by atoms with Crippen LogP contribution in [0.3, 0.4) is 0 Å². The van der Waals surface area contributed by atoms with Gasteiger partial charge in [0.25, 0.3) is 0 Å². The SMILES string of the molecule is O=C(C1CC1c1ccc(C(F)(F)F)cc1)N1CCN(Cc2ccncc2)CC1. The molecular formula is C21H22F3N3O. The molecule has 1 saturated carbocycles. The molecule has 148 valence electrons. The lowest BCUT2D eigenvalue weighted by atomic mass is 10.1. The van der Waals surface area contributed by atoms with Crippen molar-refractivity contribution in [1.29, 1.82) is 0 Å². The third kappa shape index (κ3) is 4.19. The molecule has 2 aromatic rings. The van der Waals surface area contributed by atoms with Crippen molar-refractivity contribution in [3.8, 4) is 0 Å². The summed E-state index contributed by atoms with van der Waals surface area (Å²) in [4.78, 5) is 21.0. The van der Waals surface area contributed by atoms with Crippen LogP contribution in [0.1, 0.15) is 29.0 Å². The van der Waals surface area contributed by atoms with Gasteiger partial charge in [-0.05, 0) is 47.7 Å². The Morgan fingerprint density at radius 2 is 1.64 bits per heavy atom. The Morgan fingerprint density at radius 3 is 2.25 bits per heavy atom. The molecule has 4 rings (SSSR count). The van der Waals surface area contributed by atoms with Crippen molar-refractivity contribution < 1.29 is 18.0 Å². The first-order chi connectivity index (χ1) is 13.4. The molecule has 1 aromatic heterocycles. The molecule has 0 N–H and O–H groups in total. The minimum absolute atomic E-state index is 0.0460. The van der Waals surface area contributed by atoms with Crippen molar-refractivity contribution in [3.63, 3.8) is 0 Å². The van der Waals surface area contributed by atoms with Crippen LogP contribution in [0.4, 0.5) is 13.2 Å². The van der Waals surface area contributed by atoms with Crippen LogP contribution in [0.15, 0.2) is 48.8 Å². The minimum Gasteiger partial charge on any atom is -0.340 e. The van der Waals surface area contributed by atoms with Gasteiger partial charge in [-0.1, -0.05) is 12.1 Å². The number of piperazine rings is 1. The normalized spacial score (nSPS) is 22.9. The third-order valence-electron chi connectivity index (χ3n) is 5.61. The molecule has 0 spiro atoms. The maximum atomic E-state index is 12.8. The number of carbonyl (C=O) groups excluding carboxylic acids is 1. The van der Waals surface area contributed by atoms with Crippen molar-refractivity contribution >= 4 is 5.91 Å². The van der Waals surface area contributed by atoms with Gasteiger partial charge in [0.05, 0.1) is 5.56 Å². The number of pyridine rings is 1.